The van der Waals surface area contributed by atoms with Gasteiger partial charge in [-0.15, -0.1) is 0 Å². The number of hydrogen-bond donors (Lipinski definition) is 3. The summed E-state index contributed by atoms with van der Waals surface area (Å²) in [7, 11) is 0. The highest BCUT2D eigenvalue weighted by Gasteiger charge is 2.40. The number of nitrogens with zero attached hydrogens (tertiary/aromatic N) is 1. The first kappa shape index (κ1) is 21.5. The number of halogens is 3. The summed E-state index contributed by atoms with van der Waals surface area (Å²) in [5.41, 5.74) is -0.790. The molecule has 1 aromatic carbocycles. The molecular weight excluding hydrogens is 363 g/mol. The summed E-state index contributed by atoms with van der Waals surface area (Å²) < 4.78 is 44.9. The molecule has 0 spiro atoms. The van der Waals surface area contributed by atoms with Gasteiger partial charge in [0, 0.05) is 32.6 Å². The largest absolute Gasteiger partial charge is 0.408 e. The number of benzene rings is 1. The van der Waals surface area contributed by atoms with Gasteiger partial charge in [-0.05, 0) is 12.5 Å². The average molecular weight is 389 g/mol. The minimum Gasteiger partial charge on any atom is -0.387 e. The maximum absolute atomic E-state index is 13.2. The van der Waals surface area contributed by atoms with E-state index in [0.717, 1.165) is 0 Å². The third kappa shape index (κ3) is 7.74. The number of hydrogen-bond acceptors (Lipinski definition) is 4. The lowest BCUT2D eigenvalue weighted by atomic mass is 10.1. The topological polar surface area (TPSA) is 73.8 Å². The zero-order valence-corrected chi connectivity index (χ0v) is 15.3. The molecule has 0 aliphatic carbocycles. The number of aliphatic hydroxyl groups is 1. The fourth-order valence-corrected chi connectivity index (χ4v) is 2.88. The van der Waals surface area contributed by atoms with Crippen LogP contribution in [0.25, 0.3) is 0 Å². The summed E-state index contributed by atoms with van der Waals surface area (Å²) >= 11 is 0. The molecule has 0 unspecified atom stereocenters. The van der Waals surface area contributed by atoms with Crippen LogP contribution in [0, 0.1) is 0 Å². The molecule has 3 N–H and O–H groups in total. The quantitative estimate of drug-likeness (QED) is 0.662. The van der Waals surface area contributed by atoms with Crippen molar-refractivity contribution in [3.8, 4) is 0 Å². The van der Waals surface area contributed by atoms with Crippen molar-refractivity contribution in [2.24, 2.45) is 0 Å². The van der Waals surface area contributed by atoms with Crippen LogP contribution in [0.3, 0.4) is 0 Å². The maximum atomic E-state index is 13.2. The van der Waals surface area contributed by atoms with Crippen molar-refractivity contribution in [1.29, 1.82) is 0 Å². The number of β-amino-alcohol motifs (C(OH)–C–C–N with tert-alkyl or cyclic N) is 1. The van der Waals surface area contributed by atoms with Crippen LogP contribution in [-0.4, -0.2) is 73.2 Å². The summed E-state index contributed by atoms with van der Waals surface area (Å²) in [4.78, 5) is 13.9. The molecule has 2 atom stereocenters. The second-order valence-electron chi connectivity index (χ2n) is 7.00. The van der Waals surface area contributed by atoms with E-state index in [4.69, 9.17) is 4.74 Å². The molecule has 0 saturated carbocycles. The molecule has 1 heterocycles. The molecular formula is C18H26F3N3O3. The molecule has 152 valence electrons. The van der Waals surface area contributed by atoms with Crippen LogP contribution < -0.4 is 10.6 Å². The summed E-state index contributed by atoms with van der Waals surface area (Å²) in [6.07, 6.45) is -4.94. The Morgan fingerprint density at radius 3 is 2.48 bits per heavy atom. The van der Waals surface area contributed by atoms with E-state index >= 15 is 0 Å². The Hall–Kier alpha value is -1.84. The van der Waals surface area contributed by atoms with E-state index < -0.39 is 23.9 Å². The zero-order chi connectivity index (χ0) is 19.9. The normalized spacial score (nSPS) is 19.1. The number of carbonyl (C=O) groups is 1. The Morgan fingerprint density at radius 2 is 1.89 bits per heavy atom. The van der Waals surface area contributed by atoms with E-state index in [1.54, 1.807) is 30.3 Å². The number of nitrogens with one attached hydrogen (secondary N) is 2. The Labute approximate surface area is 156 Å². The highest BCUT2D eigenvalue weighted by Crippen LogP contribution is 2.23. The van der Waals surface area contributed by atoms with Crippen LogP contribution >= 0.6 is 0 Å². The molecule has 27 heavy (non-hydrogen) atoms. The number of morpholine rings is 1. The van der Waals surface area contributed by atoms with Gasteiger partial charge in [0.15, 0.2) is 0 Å². The summed E-state index contributed by atoms with van der Waals surface area (Å²) in [5.74, 6) is 0. The van der Waals surface area contributed by atoms with Gasteiger partial charge in [-0.1, -0.05) is 30.3 Å². The predicted molar refractivity (Wildman–Crippen MR) is 94.4 cm³/mol. The Bertz CT molecular complexity index is 591. The molecule has 1 aliphatic heterocycles. The number of carbonyl (C=O) groups excluding carboxylic acids is 1. The van der Waals surface area contributed by atoms with Crippen molar-refractivity contribution in [2.75, 3.05) is 39.4 Å². The lowest BCUT2D eigenvalue weighted by Crippen LogP contribution is -2.55. The molecule has 1 aromatic rings. The molecule has 2 amide bonds. The zero-order valence-electron chi connectivity index (χ0n) is 15.3. The predicted octanol–water partition coefficient (Wildman–Crippen LogP) is 1.54. The number of ether oxygens (including phenoxy) is 1. The third-order valence-electron chi connectivity index (χ3n) is 4.28. The van der Waals surface area contributed by atoms with Gasteiger partial charge in [0.25, 0.3) is 0 Å². The van der Waals surface area contributed by atoms with E-state index in [0.29, 0.717) is 38.4 Å². The van der Waals surface area contributed by atoms with Crippen LogP contribution in [0.1, 0.15) is 12.5 Å². The van der Waals surface area contributed by atoms with E-state index in [1.165, 1.54) is 6.92 Å². The van der Waals surface area contributed by atoms with E-state index in [-0.39, 0.29) is 13.0 Å². The fourth-order valence-electron chi connectivity index (χ4n) is 2.88. The SMILES string of the molecule is C[C@@](O)(CNC(=O)N[C@@H](Cc1ccccc1)C(F)(F)F)CN1CCOCC1. The highest BCUT2D eigenvalue weighted by molar-refractivity contribution is 5.74. The number of urea groups is 1. The number of rotatable bonds is 7. The smallest absolute Gasteiger partial charge is 0.387 e. The van der Waals surface area contributed by atoms with Crippen molar-refractivity contribution in [1.82, 2.24) is 15.5 Å². The second kappa shape index (κ2) is 9.38. The summed E-state index contributed by atoms with van der Waals surface area (Å²) in [6.45, 7) is 4.13. The molecule has 0 radical (unpaired) electrons. The molecule has 1 fully saturated rings. The van der Waals surface area contributed by atoms with E-state index in [9.17, 15) is 23.1 Å². The first-order valence-corrected chi connectivity index (χ1v) is 8.83. The van der Waals surface area contributed by atoms with Crippen molar-refractivity contribution in [3.05, 3.63) is 35.9 Å². The summed E-state index contributed by atoms with van der Waals surface area (Å²) in [5, 5.41) is 14.7. The first-order chi connectivity index (χ1) is 12.7. The molecule has 2 rings (SSSR count). The maximum Gasteiger partial charge on any atom is 0.408 e. The van der Waals surface area contributed by atoms with Crippen molar-refractivity contribution in [2.45, 2.75) is 31.2 Å². The van der Waals surface area contributed by atoms with Crippen LogP contribution in [0.4, 0.5) is 18.0 Å². The van der Waals surface area contributed by atoms with Crippen molar-refractivity contribution >= 4 is 6.03 Å². The van der Waals surface area contributed by atoms with Gasteiger partial charge < -0.3 is 20.5 Å². The van der Waals surface area contributed by atoms with E-state index in [2.05, 4.69) is 5.32 Å². The Kier molecular flexibility index (Phi) is 7.46. The standard InChI is InChI=1S/C18H26F3N3O3/c1-17(26,13-24-7-9-27-10-8-24)12-22-16(25)23-15(18(19,20)21)11-14-5-3-2-4-6-14/h2-6,15,26H,7-13H2,1H3,(H2,22,23,25)/t15-,17+/m0/s1. The van der Waals surface area contributed by atoms with Crippen LogP contribution in [0.2, 0.25) is 0 Å². The van der Waals surface area contributed by atoms with Gasteiger partial charge in [0.1, 0.15) is 6.04 Å². The Morgan fingerprint density at radius 1 is 1.26 bits per heavy atom. The van der Waals surface area contributed by atoms with Crippen LogP contribution in [0.5, 0.6) is 0 Å². The van der Waals surface area contributed by atoms with Crippen LogP contribution in [-0.2, 0) is 11.2 Å². The minimum atomic E-state index is -4.58. The third-order valence-corrected chi connectivity index (χ3v) is 4.28. The molecule has 0 aromatic heterocycles. The number of amides is 2. The molecule has 1 saturated heterocycles. The lowest BCUT2D eigenvalue weighted by molar-refractivity contribution is -0.152. The van der Waals surface area contributed by atoms with Gasteiger partial charge in [-0.2, -0.15) is 13.2 Å². The first-order valence-electron chi connectivity index (χ1n) is 8.83. The van der Waals surface area contributed by atoms with Gasteiger partial charge in [0.05, 0.1) is 18.8 Å². The van der Waals surface area contributed by atoms with Crippen molar-refractivity contribution < 1.29 is 27.8 Å². The average Bonchev–Trinajstić information content (AvgIpc) is 2.60. The monoisotopic (exact) mass is 389 g/mol. The number of alkyl halides is 3. The molecule has 1 aliphatic rings. The molecule has 9 heteroatoms. The minimum absolute atomic E-state index is 0.161. The second-order valence-corrected chi connectivity index (χ2v) is 7.00. The van der Waals surface area contributed by atoms with Gasteiger partial charge in [-0.3, -0.25) is 4.90 Å². The fraction of sp³-hybridized carbons (Fsp3) is 0.611. The van der Waals surface area contributed by atoms with Crippen LogP contribution in [0.15, 0.2) is 30.3 Å². The molecule has 0 bridgehead atoms. The van der Waals surface area contributed by atoms with Gasteiger partial charge >= 0.3 is 12.2 Å². The van der Waals surface area contributed by atoms with Crippen molar-refractivity contribution in [3.63, 3.8) is 0 Å². The highest BCUT2D eigenvalue weighted by atomic mass is 19.4. The lowest BCUT2D eigenvalue weighted by Gasteiger charge is -2.34. The molecule has 6 nitrogen and oxygen atoms in total. The Balaban J connectivity index is 1.85. The van der Waals surface area contributed by atoms with E-state index in [1.807, 2.05) is 10.2 Å². The summed E-state index contributed by atoms with van der Waals surface area (Å²) in [6, 6.07) is 5.18. The van der Waals surface area contributed by atoms with Gasteiger partial charge in [-0.25, -0.2) is 4.79 Å². The van der Waals surface area contributed by atoms with Gasteiger partial charge in [0.2, 0.25) is 0 Å².